The van der Waals surface area contributed by atoms with E-state index in [4.69, 9.17) is 15.0 Å². The molecule has 0 amide bonds. The molecule has 0 aliphatic rings. The maximum absolute atomic E-state index is 12.0. The van der Waals surface area contributed by atoms with E-state index >= 15 is 0 Å². The Morgan fingerprint density at radius 3 is 1.53 bits per heavy atom. The van der Waals surface area contributed by atoms with Crippen molar-refractivity contribution >= 4 is 5.97 Å². The van der Waals surface area contributed by atoms with Crippen molar-refractivity contribution in [1.29, 1.82) is 0 Å². The summed E-state index contributed by atoms with van der Waals surface area (Å²) in [4.78, 5) is 9.12. The van der Waals surface area contributed by atoms with E-state index in [1.165, 1.54) is 0 Å². The Labute approximate surface area is 103 Å². The summed E-state index contributed by atoms with van der Waals surface area (Å²) < 4.78 is 71.9. The number of hydrogen-bond acceptors (Lipinski definition) is 2. The van der Waals surface area contributed by atoms with E-state index in [0.717, 1.165) is 6.07 Å². The van der Waals surface area contributed by atoms with Crippen LogP contribution in [0.2, 0.25) is 0 Å². The molecule has 0 saturated carbocycles. The zero-order chi connectivity index (χ0) is 15.3. The molecule has 0 saturated heterocycles. The van der Waals surface area contributed by atoms with Gasteiger partial charge in [0.1, 0.15) is 6.61 Å². The van der Waals surface area contributed by atoms with Crippen molar-refractivity contribution < 1.29 is 41.4 Å². The first-order valence-electron chi connectivity index (χ1n) is 4.55. The molecule has 0 fully saturated rings. The monoisotopic (exact) mass is 290 g/mol. The van der Waals surface area contributed by atoms with Gasteiger partial charge in [-0.15, -0.1) is 0 Å². The fourth-order valence-electron chi connectivity index (χ4n) is 0.872. The van der Waals surface area contributed by atoms with E-state index in [1.54, 1.807) is 0 Å². The molecule has 1 aromatic rings. The fourth-order valence-corrected chi connectivity index (χ4v) is 0.872. The smallest absolute Gasteiger partial charge is 0.416 e. The van der Waals surface area contributed by atoms with Crippen LogP contribution in [0.3, 0.4) is 0 Å². The summed E-state index contributed by atoms with van der Waals surface area (Å²) in [6.45, 7) is -0.778. The number of alkyl halides is 6. The van der Waals surface area contributed by atoms with Gasteiger partial charge in [-0.3, -0.25) is 0 Å². The van der Waals surface area contributed by atoms with Gasteiger partial charge in [-0.1, -0.05) is 6.07 Å². The summed E-state index contributed by atoms with van der Waals surface area (Å²) in [7, 11) is 0. The normalized spacial score (nSPS) is 11.5. The number of aliphatic carboxylic acids is 1. The predicted octanol–water partition coefficient (Wildman–Crippen LogP) is 2.79. The highest BCUT2D eigenvalue weighted by Gasteiger charge is 2.35. The van der Waals surface area contributed by atoms with E-state index < -0.39 is 36.1 Å². The van der Waals surface area contributed by atoms with Crippen molar-refractivity contribution in [3.8, 4) is 0 Å². The van der Waals surface area contributed by atoms with Gasteiger partial charge in [-0.2, -0.15) is 26.3 Å². The third-order valence-electron chi connectivity index (χ3n) is 1.65. The highest BCUT2D eigenvalue weighted by Crippen LogP contribution is 2.34. The molecule has 0 aliphatic heterocycles. The first kappa shape index (κ1) is 17.2. The molecule has 0 heterocycles. The summed E-state index contributed by atoms with van der Waals surface area (Å²) in [5, 5.41) is 15.0. The number of hydrogen-bond donors (Lipinski definition) is 2. The molecule has 0 unspecified atom stereocenters. The Hall–Kier alpha value is -1.77. The zero-order valence-electron chi connectivity index (χ0n) is 9.09. The number of halogens is 6. The van der Waals surface area contributed by atoms with Gasteiger partial charge in [-0.25, -0.2) is 4.79 Å². The molecule has 108 valence electrons. The number of carboxylic acids is 1. The minimum Gasteiger partial charge on any atom is -0.480 e. The third kappa shape index (κ3) is 6.65. The van der Waals surface area contributed by atoms with Crippen molar-refractivity contribution in [1.82, 2.24) is 0 Å². The molecule has 0 bridgehead atoms. The molecule has 3 nitrogen and oxygen atoms in total. The molecule has 1 rings (SSSR count). The van der Waals surface area contributed by atoms with Crippen LogP contribution in [0.15, 0.2) is 24.3 Å². The van der Waals surface area contributed by atoms with E-state index in [1.807, 2.05) is 0 Å². The molecule has 0 aromatic heterocycles. The second-order valence-corrected chi connectivity index (χ2v) is 3.13. The quantitative estimate of drug-likeness (QED) is 0.782. The molecule has 0 atom stereocenters. The molecule has 0 radical (unpaired) electrons. The lowest BCUT2D eigenvalue weighted by molar-refractivity contribution is -0.143. The van der Waals surface area contributed by atoms with Gasteiger partial charge in [0.15, 0.2) is 0 Å². The van der Waals surface area contributed by atoms with E-state index in [0.29, 0.717) is 12.1 Å². The lowest BCUT2D eigenvalue weighted by atomic mass is 10.1. The van der Waals surface area contributed by atoms with Gasteiger partial charge in [0.2, 0.25) is 0 Å². The van der Waals surface area contributed by atoms with E-state index in [2.05, 4.69) is 0 Å². The Balaban J connectivity index is 0.000000555. The lowest BCUT2D eigenvalue weighted by Crippen LogP contribution is -2.09. The average molecular weight is 290 g/mol. The zero-order valence-corrected chi connectivity index (χ0v) is 9.09. The molecule has 0 spiro atoms. The minimum absolute atomic E-state index is 0.0833. The van der Waals surface area contributed by atoms with Crippen LogP contribution in [0.4, 0.5) is 26.3 Å². The average Bonchev–Trinajstić information content (AvgIpc) is 2.28. The standard InChI is InChI=1S/C8H4F6.C2H4O3/c9-7(10,11)5-2-1-3-6(4-5)8(12,13)14;3-1-2(4)5/h1-4H;3H,1H2,(H,4,5). The third-order valence-corrected chi connectivity index (χ3v) is 1.65. The summed E-state index contributed by atoms with van der Waals surface area (Å²) in [6.07, 6.45) is -9.50. The van der Waals surface area contributed by atoms with Crippen molar-refractivity contribution in [2.45, 2.75) is 12.4 Å². The number of aliphatic hydroxyl groups excluding tert-OH is 1. The second-order valence-electron chi connectivity index (χ2n) is 3.13. The Morgan fingerprint density at radius 1 is 1.00 bits per heavy atom. The van der Waals surface area contributed by atoms with Crippen LogP contribution in [0.1, 0.15) is 11.1 Å². The summed E-state index contributed by atoms with van der Waals surface area (Å²) >= 11 is 0. The van der Waals surface area contributed by atoms with E-state index in [9.17, 15) is 26.3 Å². The second kappa shape index (κ2) is 6.41. The number of aliphatic hydroxyl groups is 1. The SMILES string of the molecule is FC(F)(F)c1cccc(C(F)(F)F)c1.O=C(O)CO. The summed E-state index contributed by atoms with van der Waals surface area (Å²) in [6, 6.07) is 2.00. The molecular weight excluding hydrogens is 282 g/mol. The summed E-state index contributed by atoms with van der Waals surface area (Å²) in [5.41, 5.74) is -2.60. The molecule has 2 N–H and O–H groups in total. The highest BCUT2D eigenvalue weighted by molar-refractivity contribution is 5.67. The highest BCUT2D eigenvalue weighted by atomic mass is 19.4. The number of carboxylic acid groups (broad SMARTS) is 1. The minimum atomic E-state index is -4.75. The van der Waals surface area contributed by atoms with Gasteiger partial charge in [0.25, 0.3) is 0 Å². The number of rotatable bonds is 1. The van der Waals surface area contributed by atoms with Gasteiger partial charge in [0, 0.05) is 0 Å². The molecule has 9 heteroatoms. The van der Waals surface area contributed by atoms with Gasteiger partial charge in [-0.05, 0) is 18.2 Å². The largest absolute Gasteiger partial charge is 0.480 e. The van der Waals surface area contributed by atoms with Crippen molar-refractivity contribution in [2.75, 3.05) is 6.61 Å². The Bertz CT molecular complexity index is 395. The topological polar surface area (TPSA) is 57.5 Å². The van der Waals surface area contributed by atoms with Crippen LogP contribution in [0.25, 0.3) is 0 Å². The maximum Gasteiger partial charge on any atom is 0.416 e. The molecule has 0 aliphatic carbocycles. The van der Waals surface area contributed by atoms with Crippen LogP contribution in [0, 0.1) is 0 Å². The van der Waals surface area contributed by atoms with Gasteiger partial charge < -0.3 is 10.2 Å². The van der Waals surface area contributed by atoms with Crippen molar-refractivity contribution in [3.63, 3.8) is 0 Å². The van der Waals surface area contributed by atoms with Crippen LogP contribution in [-0.2, 0) is 17.1 Å². The molecule has 1 aromatic carbocycles. The Kier molecular flexibility index (Phi) is 5.81. The van der Waals surface area contributed by atoms with Gasteiger partial charge in [0.05, 0.1) is 11.1 Å². The van der Waals surface area contributed by atoms with Crippen LogP contribution in [-0.4, -0.2) is 22.8 Å². The van der Waals surface area contributed by atoms with Crippen LogP contribution < -0.4 is 0 Å². The number of carbonyl (C=O) groups is 1. The van der Waals surface area contributed by atoms with Crippen LogP contribution in [0.5, 0.6) is 0 Å². The lowest BCUT2D eigenvalue weighted by Gasteiger charge is -2.10. The fraction of sp³-hybridized carbons (Fsp3) is 0.300. The van der Waals surface area contributed by atoms with Crippen LogP contribution >= 0.6 is 0 Å². The van der Waals surface area contributed by atoms with Crippen molar-refractivity contribution in [3.05, 3.63) is 35.4 Å². The van der Waals surface area contributed by atoms with Gasteiger partial charge >= 0.3 is 18.3 Å². The molecule has 19 heavy (non-hydrogen) atoms. The van der Waals surface area contributed by atoms with Crippen molar-refractivity contribution in [2.24, 2.45) is 0 Å². The predicted molar refractivity (Wildman–Crippen MR) is 51.2 cm³/mol. The summed E-state index contributed by atoms with van der Waals surface area (Å²) in [5.74, 6) is -1.19. The first-order valence-corrected chi connectivity index (χ1v) is 4.55. The van der Waals surface area contributed by atoms with E-state index in [-0.39, 0.29) is 6.07 Å². The Morgan fingerprint density at radius 2 is 1.32 bits per heavy atom. The molecular formula is C10H8F6O3. The number of benzene rings is 1. The first-order chi connectivity index (χ1) is 8.48. The maximum atomic E-state index is 12.0.